The number of benzene rings is 2. The third-order valence-corrected chi connectivity index (χ3v) is 6.30. The number of imidazole rings is 1. The molecule has 1 saturated heterocycles. The molecule has 216 valence electrons. The van der Waals surface area contributed by atoms with Crippen LogP contribution in [0.25, 0.3) is 22.1 Å². The molecule has 0 unspecified atom stereocenters. The number of aromatic hydroxyl groups is 1. The minimum Gasteiger partial charge on any atom is -0.508 e. The van der Waals surface area contributed by atoms with Gasteiger partial charge < -0.3 is 34.4 Å². The fraction of sp³-hybridized carbons (Fsp3) is 0.400. The molecule has 2 aromatic carbocycles. The van der Waals surface area contributed by atoms with Crippen molar-refractivity contribution in [1.82, 2.24) is 19.4 Å². The third kappa shape index (κ3) is 6.71. The van der Waals surface area contributed by atoms with Gasteiger partial charge in [-0.25, -0.2) is 19.0 Å². The second-order valence-corrected chi connectivity index (χ2v) is 9.28. The maximum Gasteiger partial charge on any atom is 0.490 e. The molecular formula is C25H26F4N4O7. The number of oxazole rings is 1. The van der Waals surface area contributed by atoms with Crippen molar-refractivity contribution in [2.45, 2.75) is 38.1 Å². The molecule has 0 radical (unpaired) electrons. The predicted molar refractivity (Wildman–Crippen MR) is 133 cm³/mol. The second-order valence-electron chi connectivity index (χ2n) is 9.28. The van der Waals surface area contributed by atoms with Crippen LogP contribution in [0.4, 0.5) is 17.6 Å². The van der Waals surface area contributed by atoms with Gasteiger partial charge in [0, 0.05) is 44.7 Å². The third-order valence-electron chi connectivity index (χ3n) is 6.30. The Balaban J connectivity index is 0.000000470. The van der Waals surface area contributed by atoms with Crippen LogP contribution in [0.2, 0.25) is 0 Å². The van der Waals surface area contributed by atoms with Crippen molar-refractivity contribution in [2.24, 2.45) is 0 Å². The minimum atomic E-state index is -5.08. The lowest BCUT2D eigenvalue weighted by atomic mass is 10.0. The summed E-state index contributed by atoms with van der Waals surface area (Å²) in [5, 5.41) is 27.5. The van der Waals surface area contributed by atoms with E-state index in [2.05, 4.69) is 14.9 Å². The summed E-state index contributed by atoms with van der Waals surface area (Å²) in [5.74, 6) is -2.32. The van der Waals surface area contributed by atoms with Gasteiger partial charge in [-0.15, -0.1) is 0 Å². The van der Waals surface area contributed by atoms with Gasteiger partial charge in [-0.2, -0.15) is 13.2 Å². The number of H-pyrrole nitrogens is 1. The molecule has 11 nitrogen and oxygen atoms in total. The highest BCUT2D eigenvalue weighted by Crippen LogP contribution is 2.31. The van der Waals surface area contributed by atoms with Gasteiger partial charge in [0.05, 0.1) is 11.0 Å². The number of aliphatic hydroxyl groups excluding tert-OH is 1. The Labute approximate surface area is 223 Å². The van der Waals surface area contributed by atoms with E-state index < -0.39 is 18.2 Å². The molecule has 40 heavy (non-hydrogen) atoms. The largest absolute Gasteiger partial charge is 0.508 e. The number of carboxylic acids is 1. The number of phenolic OH excluding ortho intramolecular Hbond substituents is 1. The number of aromatic amines is 1. The Hall–Kier alpha value is -4.11. The number of β-amino-alcohol motifs (C(OH)–C–C–N with tert-alkyl or cyclic N) is 1. The molecule has 0 spiro atoms. The highest BCUT2D eigenvalue weighted by atomic mass is 19.4. The van der Waals surface area contributed by atoms with Crippen LogP contribution in [-0.2, 0) is 4.79 Å². The fourth-order valence-electron chi connectivity index (χ4n) is 4.57. The Morgan fingerprint density at radius 3 is 2.58 bits per heavy atom. The first kappa shape index (κ1) is 28.9. The van der Waals surface area contributed by atoms with E-state index in [1.807, 2.05) is 0 Å². The number of aliphatic carboxylic acids is 1. The molecule has 3 heterocycles. The van der Waals surface area contributed by atoms with E-state index in [0.29, 0.717) is 53.4 Å². The number of fused-ring (bicyclic) bond motifs is 2. The van der Waals surface area contributed by atoms with E-state index >= 15 is 0 Å². The molecule has 1 aliphatic heterocycles. The lowest BCUT2D eigenvalue weighted by Crippen LogP contribution is -2.42. The summed E-state index contributed by atoms with van der Waals surface area (Å²) >= 11 is 0. The van der Waals surface area contributed by atoms with Gasteiger partial charge in [0.1, 0.15) is 24.3 Å². The summed E-state index contributed by atoms with van der Waals surface area (Å²) in [6.07, 6.45) is -4.35. The number of halogens is 4. The molecule has 0 bridgehead atoms. The molecule has 5 rings (SSSR count). The van der Waals surface area contributed by atoms with Crippen LogP contribution in [0, 0.1) is 12.7 Å². The SMILES string of the molecule is Cc1nc2c(OC[C@@H](O)CN3CCC(n4c(=O)[nH]c5cc(F)ccc54)CC3)cc(O)cc2o1.O=C(O)C(F)(F)F. The molecule has 2 aromatic heterocycles. The lowest BCUT2D eigenvalue weighted by molar-refractivity contribution is -0.192. The first-order valence-corrected chi connectivity index (χ1v) is 12.1. The molecule has 4 aromatic rings. The minimum absolute atomic E-state index is 0.000439. The molecule has 1 aliphatic rings. The van der Waals surface area contributed by atoms with Crippen molar-refractivity contribution in [1.29, 1.82) is 0 Å². The van der Waals surface area contributed by atoms with Crippen molar-refractivity contribution >= 4 is 28.1 Å². The van der Waals surface area contributed by atoms with Gasteiger partial charge in [0.15, 0.2) is 22.7 Å². The number of phenols is 1. The van der Waals surface area contributed by atoms with E-state index in [9.17, 15) is 32.6 Å². The number of ether oxygens (including phenoxy) is 1. The van der Waals surface area contributed by atoms with Crippen LogP contribution >= 0.6 is 0 Å². The summed E-state index contributed by atoms with van der Waals surface area (Å²) < 4.78 is 58.1. The topological polar surface area (TPSA) is 154 Å². The van der Waals surface area contributed by atoms with Crippen LogP contribution < -0.4 is 10.4 Å². The van der Waals surface area contributed by atoms with Crippen LogP contribution in [0.1, 0.15) is 24.8 Å². The zero-order valence-corrected chi connectivity index (χ0v) is 21.1. The fourth-order valence-corrected chi connectivity index (χ4v) is 4.57. The normalized spacial score (nSPS) is 15.7. The molecule has 0 amide bonds. The summed E-state index contributed by atoms with van der Waals surface area (Å²) in [4.78, 5) is 30.5. The van der Waals surface area contributed by atoms with Gasteiger partial charge in [-0.3, -0.25) is 4.57 Å². The number of aliphatic hydroxyl groups is 1. The second kappa shape index (κ2) is 11.6. The number of nitrogens with zero attached hydrogens (tertiary/aromatic N) is 3. The predicted octanol–water partition coefficient (Wildman–Crippen LogP) is 3.33. The molecule has 1 atom stereocenters. The van der Waals surface area contributed by atoms with E-state index in [1.165, 1.54) is 24.3 Å². The summed E-state index contributed by atoms with van der Waals surface area (Å²) in [5.41, 5.74) is 1.90. The van der Waals surface area contributed by atoms with Crippen LogP contribution in [0.5, 0.6) is 11.5 Å². The number of alkyl halides is 3. The monoisotopic (exact) mass is 570 g/mol. The highest BCUT2D eigenvalue weighted by Gasteiger charge is 2.38. The van der Waals surface area contributed by atoms with Crippen molar-refractivity contribution in [3.8, 4) is 11.5 Å². The van der Waals surface area contributed by atoms with Crippen molar-refractivity contribution < 1.29 is 46.8 Å². The Morgan fingerprint density at radius 2 is 1.93 bits per heavy atom. The zero-order valence-electron chi connectivity index (χ0n) is 21.1. The number of carbonyl (C=O) groups is 1. The van der Waals surface area contributed by atoms with Gasteiger partial charge in [-0.1, -0.05) is 0 Å². The van der Waals surface area contributed by atoms with E-state index in [4.69, 9.17) is 19.1 Å². The van der Waals surface area contributed by atoms with Gasteiger partial charge in [0.2, 0.25) is 0 Å². The van der Waals surface area contributed by atoms with E-state index in [-0.39, 0.29) is 29.9 Å². The van der Waals surface area contributed by atoms with Gasteiger partial charge in [0.25, 0.3) is 0 Å². The van der Waals surface area contributed by atoms with Gasteiger partial charge >= 0.3 is 17.8 Å². The molecule has 1 fully saturated rings. The van der Waals surface area contributed by atoms with Gasteiger partial charge in [-0.05, 0) is 31.0 Å². The maximum atomic E-state index is 13.5. The molecule has 15 heteroatoms. The number of nitrogens with one attached hydrogen (secondary N) is 1. The van der Waals surface area contributed by atoms with Crippen LogP contribution in [-0.4, -0.2) is 79.2 Å². The lowest BCUT2D eigenvalue weighted by Gasteiger charge is -2.33. The standard InChI is InChI=1S/C23H25FN4O5.C2HF3O2/c1-13-25-22-20(9-16(29)10-21(22)33-13)32-12-17(30)11-27-6-4-15(5-7-27)28-19-3-2-14(24)8-18(19)26-23(28)31;3-2(4,5)1(6)7/h2-3,8-10,15,17,29-30H,4-7,11-12H2,1H3,(H,26,31);(H,6,7)/t17-;/m0./s1. The number of hydrogen-bond acceptors (Lipinski definition) is 8. The summed E-state index contributed by atoms with van der Waals surface area (Å²) in [6.45, 7) is 3.59. The Kier molecular flexibility index (Phi) is 8.34. The number of aryl methyl sites for hydroxylation is 1. The van der Waals surface area contributed by atoms with Crippen LogP contribution in [0.15, 0.2) is 39.5 Å². The number of piperidine rings is 1. The van der Waals surface area contributed by atoms with Crippen molar-refractivity contribution in [3.05, 3.63) is 52.5 Å². The van der Waals surface area contributed by atoms with Crippen LogP contribution in [0.3, 0.4) is 0 Å². The number of likely N-dealkylation sites (tertiary alicyclic amines) is 1. The number of aromatic nitrogens is 3. The molecule has 0 aliphatic carbocycles. The average molecular weight is 570 g/mol. The smallest absolute Gasteiger partial charge is 0.490 e. The molecule has 0 saturated carbocycles. The first-order valence-electron chi connectivity index (χ1n) is 12.1. The Morgan fingerprint density at radius 1 is 1.25 bits per heavy atom. The molecule has 4 N–H and O–H groups in total. The highest BCUT2D eigenvalue weighted by molar-refractivity contribution is 5.81. The van der Waals surface area contributed by atoms with Crippen molar-refractivity contribution in [2.75, 3.05) is 26.2 Å². The average Bonchev–Trinajstić information content (AvgIpc) is 3.40. The zero-order chi connectivity index (χ0) is 29.2. The first-order chi connectivity index (χ1) is 18.8. The van der Waals surface area contributed by atoms with E-state index in [1.54, 1.807) is 17.6 Å². The maximum absolute atomic E-state index is 13.5. The summed E-state index contributed by atoms with van der Waals surface area (Å²) in [7, 11) is 0. The Bertz CT molecular complexity index is 1550. The van der Waals surface area contributed by atoms with E-state index in [0.717, 1.165) is 12.8 Å². The molecular weight excluding hydrogens is 544 g/mol. The number of rotatable bonds is 6. The number of carboxylic acid groups (broad SMARTS) is 1. The summed E-state index contributed by atoms with van der Waals surface area (Å²) in [6, 6.07) is 7.26. The van der Waals surface area contributed by atoms with Crippen molar-refractivity contribution in [3.63, 3.8) is 0 Å². The number of hydrogen-bond donors (Lipinski definition) is 4. The quantitative estimate of drug-likeness (QED) is 0.256.